The number of hydrogen-bond donors (Lipinski definition) is 2. The number of nitrogens with one attached hydrogen (secondary N) is 2. The van der Waals surface area contributed by atoms with E-state index in [0.717, 1.165) is 25.1 Å². The summed E-state index contributed by atoms with van der Waals surface area (Å²) in [6, 6.07) is 3.59. The molecule has 0 bridgehead atoms. The number of aryl methyl sites for hydroxylation is 2. The number of amides is 1. The summed E-state index contributed by atoms with van der Waals surface area (Å²) < 4.78 is 13.5. The molecule has 1 amide bonds. The average molecular weight is 278 g/mol. The Kier molecular flexibility index (Phi) is 4.76. The molecule has 1 saturated heterocycles. The Balaban J connectivity index is 1.93. The summed E-state index contributed by atoms with van der Waals surface area (Å²) in [6.45, 7) is 7.85. The Labute approximate surface area is 120 Å². The molecule has 0 aliphatic carbocycles. The van der Waals surface area contributed by atoms with Crippen molar-refractivity contribution in [1.29, 1.82) is 0 Å². The summed E-state index contributed by atoms with van der Waals surface area (Å²) in [7, 11) is 0. The SMILES string of the molecule is Cc1cc(CNC(=O)C2CNCC(C)C2)cc(C)c1F. The van der Waals surface area contributed by atoms with Crippen molar-refractivity contribution in [2.45, 2.75) is 33.7 Å². The molecule has 2 rings (SSSR count). The molecule has 1 heterocycles. The Bertz CT molecular complexity index is 478. The lowest BCUT2D eigenvalue weighted by Gasteiger charge is -2.26. The standard InChI is InChI=1S/C16H23FN2O/c1-10-4-14(9-18-7-10)16(20)19-8-13-5-11(2)15(17)12(3)6-13/h5-6,10,14,18H,4,7-9H2,1-3H3,(H,19,20). The zero-order valence-electron chi connectivity index (χ0n) is 12.4. The lowest BCUT2D eigenvalue weighted by molar-refractivity contribution is -0.126. The van der Waals surface area contributed by atoms with Gasteiger partial charge in [-0.15, -0.1) is 0 Å². The third-order valence-corrected chi connectivity index (χ3v) is 3.90. The molecule has 0 aromatic heterocycles. The Morgan fingerprint density at radius 2 is 2.00 bits per heavy atom. The van der Waals surface area contributed by atoms with E-state index in [1.54, 1.807) is 26.0 Å². The number of hydrogen-bond acceptors (Lipinski definition) is 2. The lowest BCUT2D eigenvalue weighted by atomic mass is 9.91. The van der Waals surface area contributed by atoms with Crippen molar-refractivity contribution in [2.24, 2.45) is 11.8 Å². The summed E-state index contributed by atoms with van der Waals surface area (Å²) in [5.74, 6) is 0.505. The van der Waals surface area contributed by atoms with Gasteiger partial charge in [-0.25, -0.2) is 4.39 Å². The fourth-order valence-electron chi connectivity index (χ4n) is 2.83. The van der Waals surface area contributed by atoms with Crippen LogP contribution in [0, 0.1) is 31.5 Å². The van der Waals surface area contributed by atoms with Crippen LogP contribution in [0.25, 0.3) is 0 Å². The minimum atomic E-state index is -0.162. The molecule has 0 saturated carbocycles. The van der Waals surface area contributed by atoms with Crippen molar-refractivity contribution in [3.05, 3.63) is 34.6 Å². The van der Waals surface area contributed by atoms with E-state index in [4.69, 9.17) is 0 Å². The molecule has 20 heavy (non-hydrogen) atoms. The number of carbonyl (C=O) groups excluding carboxylic acids is 1. The van der Waals surface area contributed by atoms with Gasteiger partial charge in [0.1, 0.15) is 5.82 Å². The van der Waals surface area contributed by atoms with Crippen molar-refractivity contribution in [2.75, 3.05) is 13.1 Å². The van der Waals surface area contributed by atoms with Crippen molar-refractivity contribution in [1.82, 2.24) is 10.6 Å². The predicted molar refractivity (Wildman–Crippen MR) is 77.9 cm³/mol. The topological polar surface area (TPSA) is 41.1 Å². The van der Waals surface area contributed by atoms with Crippen LogP contribution in [0.15, 0.2) is 12.1 Å². The van der Waals surface area contributed by atoms with Gasteiger partial charge in [0, 0.05) is 13.1 Å². The van der Waals surface area contributed by atoms with Gasteiger partial charge in [0.2, 0.25) is 5.91 Å². The second-order valence-electron chi connectivity index (χ2n) is 5.96. The maximum atomic E-state index is 13.5. The number of carbonyl (C=O) groups is 1. The normalized spacial score (nSPS) is 22.6. The quantitative estimate of drug-likeness (QED) is 0.891. The van der Waals surface area contributed by atoms with Gasteiger partial charge in [0.25, 0.3) is 0 Å². The molecular formula is C16H23FN2O. The molecule has 3 nitrogen and oxygen atoms in total. The smallest absolute Gasteiger partial charge is 0.224 e. The van der Waals surface area contributed by atoms with Crippen molar-refractivity contribution >= 4 is 5.91 Å². The highest BCUT2D eigenvalue weighted by molar-refractivity contribution is 5.79. The molecule has 1 aromatic carbocycles. The Hall–Kier alpha value is -1.42. The number of halogens is 1. The van der Waals surface area contributed by atoms with Crippen LogP contribution in [0.5, 0.6) is 0 Å². The number of benzene rings is 1. The lowest BCUT2D eigenvalue weighted by Crippen LogP contribution is -2.43. The predicted octanol–water partition coefficient (Wildman–Crippen LogP) is 2.30. The third-order valence-electron chi connectivity index (χ3n) is 3.90. The molecule has 2 unspecified atom stereocenters. The van der Waals surface area contributed by atoms with E-state index in [0.29, 0.717) is 23.6 Å². The van der Waals surface area contributed by atoms with Crippen molar-refractivity contribution in [3.63, 3.8) is 0 Å². The molecule has 2 atom stereocenters. The van der Waals surface area contributed by atoms with Crippen LogP contribution >= 0.6 is 0 Å². The van der Waals surface area contributed by atoms with Gasteiger partial charge >= 0.3 is 0 Å². The fraction of sp³-hybridized carbons (Fsp3) is 0.562. The van der Waals surface area contributed by atoms with Crippen molar-refractivity contribution < 1.29 is 9.18 Å². The third kappa shape index (κ3) is 3.57. The van der Waals surface area contributed by atoms with Gasteiger partial charge in [0.15, 0.2) is 0 Å². The van der Waals surface area contributed by atoms with E-state index in [1.807, 2.05) is 0 Å². The van der Waals surface area contributed by atoms with Crippen LogP contribution in [-0.4, -0.2) is 19.0 Å². The largest absolute Gasteiger partial charge is 0.352 e. The molecule has 1 aromatic rings. The minimum absolute atomic E-state index is 0.0430. The van der Waals surface area contributed by atoms with Gasteiger partial charge < -0.3 is 10.6 Å². The van der Waals surface area contributed by atoms with Crippen molar-refractivity contribution in [3.8, 4) is 0 Å². The van der Waals surface area contributed by atoms with E-state index in [2.05, 4.69) is 17.6 Å². The van der Waals surface area contributed by atoms with Gasteiger partial charge in [-0.3, -0.25) is 4.79 Å². The summed E-state index contributed by atoms with van der Waals surface area (Å²) in [5.41, 5.74) is 2.20. The average Bonchev–Trinajstić information content (AvgIpc) is 2.42. The number of piperidine rings is 1. The summed E-state index contributed by atoms with van der Waals surface area (Å²) in [5, 5.41) is 6.24. The van der Waals surface area contributed by atoms with Gasteiger partial charge in [-0.05, 0) is 49.4 Å². The Morgan fingerprint density at radius 1 is 1.35 bits per heavy atom. The summed E-state index contributed by atoms with van der Waals surface area (Å²) in [6.07, 6.45) is 0.931. The van der Waals surface area contributed by atoms with Gasteiger partial charge in [0.05, 0.1) is 5.92 Å². The van der Waals surface area contributed by atoms with E-state index < -0.39 is 0 Å². The summed E-state index contributed by atoms with van der Waals surface area (Å²) in [4.78, 5) is 12.1. The fourth-order valence-corrected chi connectivity index (χ4v) is 2.83. The highest BCUT2D eigenvalue weighted by Crippen LogP contribution is 2.17. The molecule has 1 aliphatic rings. The first-order chi connectivity index (χ1) is 9.47. The van der Waals surface area contributed by atoms with E-state index in [-0.39, 0.29) is 17.6 Å². The van der Waals surface area contributed by atoms with E-state index in [1.165, 1.54) is 0 Å². The molecule has 110 valence electrons. The molecule has 1 fully saturated rings. The Morgan fingerprint density at radius 3 is 2.60 bits per heavy atom. The highest BCUT2D eigenvalue weighted by Gasteiger charge is 2.24. The van der Waals surface area contributed by atoms with Crippen LogP contribution in [-0.2, 0) is 11.3 Å². The van der Waals surface area contributed by atoms with Crippen LogP contribution in [0.4, 0.5) is 4.39 Å². The molecule has 0 spiro atoms. The first-order valence-electron chi connectivity index (χ1n) is 7.21. The maximum Gasteiger partial charge on any atom is 0.224 e. The van der Waals surface area contributed by atoms with Crippen LogP contribution in [0.1, 0.15) is 30.0 Å². The molecule has 0 radical (unpaired) electrons. The first-order valence-corrected chi connectivity index (χ1v) is 7.21. The maximum absolute atomic E-state index is 13.5. The minimum Gasteiger partial charge on any atom is -0.352 e. The molecule has 4 heteroatoms. The van der Waals surface area contributed by atoms with E-state index >= 15 is 0 Å². The zero-order valence-corrected chi connectivity index (χ0v) is 12.4. The second kappa shape index (κ2) is 6.35. The van der Waals surface area contributed by atoms with Gasteiger partial charge in [-0.2, -0.15) is 0 Å². The number of rotatable bonds is 3. The monoisotopic (exact) mass is 278 g/mol. The van der Waals surface area contributed by atoms with Crippen LogP contribution in [0.3, 0.4) is 0 Å². The summed E-state index contributed by atoms with van der Waals surface area (Å²) >= 11 is 0. The highest BCUT2D eigenvalue weighted by atomic mass is 19.1. The molecule has 1 aliphatic heterocycles. The van der Waals surface area contributed by atoms with Gasteiger partial charge in [-0.1, -0.05) is 19.1 Å². The van der Waals surface area contributed by atoms with Crippen LogP contribution < -0.4 is 10.6 Å². The second-order valence-corrected chi connectivity index (χ2v) is 5.96. The van der Waals surface area contributed by atoms with Crippen LogP contribution in [0.2, 0.25) is 0 Å². The zero-order chi connectivity index (χ0) is 14.7. The molecular weight excluding hydrogens is 255 g/mol. The molecule has 2 N–H and O–H groups in total. The van der Waals surface area contributed by atoms with E-state index in [9.17, 15) is 9.18 Å². The first kappa shape index (κ1) is 15.0.